The standard InChI is InChI=1S/C24H34N2O7/c1-13(2)5-7-26(14(3)29)18-11-17(24(31)25-6-8-27)20-16-9-15(12-28)10-19(32-4)22(16)33-23(20)21(18)30/h9-11,13,18,20-21,23,27-28,30H,5-8,12H2,1-4H3,(H,25,31)/t18-,20+,21+,23+/m1/s1. The van der Waals surface area contributed by atoms with Crippen molar-refractivity contribution in [3.63, 3.8) is 0 Å². The summed E-state index contributed by atoms with van der Waals surface area (Å²) in [6.07, 6.45) is 0.464. The van der Waals surface area contributed by atoms with Gasteiger partial charge < -0.3 is 35.0 Å². The third kappa shape index (κ3) is 5.00. The van der Waals surface area contributed by atoms with Gasteiger partial charge in [-0.2, -0.15) is 0 Å². The topological polar surface area (TPSA) is 129 Å². The number of aliphatic hydroxyl groups is 3. The number of aliphatic hydroxyl groups excluding tert-OH is 3. The minimum Gasteiger partial charge on any atom is -0.493 e. The molecule has 4 atom stereocenters. The molecule has 1 heterocycles. The van der Waals surface area contributed by atoms with Crippen molar-refractivity contribution in [1.82, 2.24) is 10.2 Å². The van der Waals surface area contributed by atoms with Gasteiger partial charge in [0, 0.05) is 31.1 Å². The van der Waals surface area contributed by atoms with E-state index in [4.69, 9.17) is 9.47 Å². The van der Waals surface area contributed by atoms with E-state index in [0.29, 0.717) is 40.7 Å². The van der Waals surface area contributed by atoms with Gasteiger partial charge >= 0.3 is 0 Å². The number of ether oxygens (including phenoxy) is 2. The summed E-state index contributed by atoms with van der Waals surface area (Å²) in [5.41, 5.74) is 1.56. The quantitative estimate of drug-likeness (QED) is 0.425. The van der Waals surface area contributed by atoms with Crippen molar-refractivity contribution in [2.75, 3.05) is 26.8 Å². The van der Waals surface area contributed by atoms with Crippen molar-refractivity contribution in [1.29, 1.82) is 0 Å². The fourth-order valence-corrected chi connectivity index (χ4v) is 4.53. The summed E-state index contributed by atoms with van der Waals surface area (Å²) < 4.78 is 11.6. The summed E-state index contributed by atoms with van der Waals surface area (Å²) in [7, 11) is 1.48. The van der Waals surface area contributed by atoms with Crippen LogP contribution in [0.4, 0.5) is 0 Å². The fraction of sp³-hybridized carbons (Fsp3) is 0.583. The van der Waals surface area contributed by atoms with Crippen LogP contribution < -0.4 is 14.8 Å². The number of nitrogens with one attached hydrogen (secondary N) is 1. The predicted molar refractivity (Wildman–Crippen MR) is 121 cm³/mol. The number of methoxy groups -OCH3 is 1. The molecule has 0 saturated carbocycles. The number of carbonyl (C=O) groups is 2. The van der Waals surface area contributed by atoms with Gasteiger partial charge in [0.2, 0.25) is 11.8 Å². The van der Waals surface area contributed by atoms with Gasteiger partial charge in [-0.1, -0.05) is 13.8 Å². The Hall–Kier alpha value is -2.62. The van der Waals surface area contributed by atoms with Gasteiger partial charge in [0.15, 0.2) is 11.5 Å². The summed E-state index contributed by atoms with van der Waals surface area (Å²) >= 11 is 0. The molecule has 4 N–H and O–H groups in total. The van der Waals surface area contributed by atoms with Crippen LogP contribution in [0, 0.1) is 5.92 Å². The van der Waals surface area contributed by atoms with Crippen LogP contribution in [0.3, 0.4) is 0 Å². The molecule has 9 nitrogen and oxygen atoms in total. The maximum absolute atomic E-state index is 13.1. The van der Waals surface area contributed by atoms with E-state index in [2.05, 4.69) is 19.2 Å². The monoisotopic (exact) mass is 462 g/mol. The van der Waals surface area contributed by atoms with Gasteiger partial charge in [-0.3, -0.25) is 9.59 Å². The highest BCUT2D eigenvalue weighted by molar-refractivity contribution is 5.96. The molecule has 0 aromatic heterocycles. The van der Waals surface area contributed by atoms with Crippen LogP contribution in [0.5, 0.6) is 11.5 Å². The van der Waals surface area contributed by atoms with E-state index in [0.717, 1.165) is 6.42 Å². The van der Waals surface area contributed by atoms with Gasteiger partial charge in [-0.15, -0.1) is 0 Å². The van der Waals surface area contributed by atoms with Crippen molar-refractivity contribution >= 4 is 11.8 Å². The van der Waals surface area contributed by atoms with Crippen LogP contribution >= 0.6 is 0 Å². The number of nitrogens with zero attached hydrogens (tertiary/aromatic N) is 1. The molecule has 2 aliphatic rings. The van der Waals surface area contributed by atoms with E-state index in [9.17, 15) is 24.9 Å². The highest BCUT2D eigenvalue weighted by atomic mass is 16.5. The van der Waals surface area contributed by atoms with E-state index in [1.807, 2.05) is 0 Å². The van der Waals surface area contributed by atoms with E-state index in [1.165, 1.54) is 14.0 Å². The largest absolute Gasteiger partial charge is 0.493 e. The number of carbonyl (C=O) groups excluding carboxylic acids is 2. The van der Waals surface area contributed by atoms with Crippen LogP contribution in [0.2, 0.25) is 0 Å². The number of rotatable bonds is 9. The molecule has 0 radical (unpaired) electrons. The molecule has 0 saturated heterocycles. The van der Waals surface area contributed by atoms with Crippen molar-refractivity contribution < 1.29 is 34.4 Å². The van der Waals surface area contributed by atoms with E-state index >= 15 is 0 Å². The number of benzene rings is 1. The van der Waals surface area contributed by atoms with Gasteiger partial charge in [0.05, 0.1) is 32.3 Å². The first-order valence-electron chi connectivity index (χ1n) is 11.3. The van der Waals surface area contributed by atoms with Crippen molar-refractivity contribution in [2.24, 2.45) is 5.92 Å². The molecule has 0 bridgehead atoms. The van der Waals surface area contributed by atoms with Crippen molar-refractivity contribution in [2.45, 2.75) is 58.0 Å². The molecule has 182 valence electrons. The predicted octanol–water partition coefficient (Wildman–Crippen LogP) is 0.705. The average Bonchev–Trinajstić information content (AvgIpc) is 3.17. The Morgan fingerprint density at radius 3 is 2.58 bits per heavy atom. The van der Waals surface area contributed by atoms with E-state index in [-0.39, 0.29) is 25.7 Å². The molecule has 3 rings (SSSR count). The van der Waals surface area contributed by atoms with Crippen molar-refractivity contribution in [3.8, 4) is 11.5 Å². The van der Waals surface area contributed by atoms with E-state index in [1.54, 1.807) is 23.1 Å². The highest BCUT2D eigenvalue weighted by Crippen LogP contribution is 2.51. The van der Waals surface area contributed by atoms with Crippen LogP contribution in [0.1, 0.15) is 44.2 Å². The van der Waals surface area contributed by atoms with Gasteiger partial charge in [-0.05, 0) is 36.1 Å². The molecule has 1 aliphatic heterocycles. The third-order valence-corrected chi connectivity index (χ3v) is 6.21. The Balaban J connectivity index is 2.10. The average molecular weight is 463 g/mol. The lowest BCUT2D eigenvalue weighted by Crippen LogP contribution is -2.55. The Morgan fingerprint density at radius 2 is 2.00 bits per heavy atom. The van der Waals surface area contributed by atoms with Crippen molar-refractivity contribution in [3.05, 3.63) is 34.9 Å². The summed E-state index contributed by atoms with van der Waals surface area (Å²) in [5.74, 6) is -0.0859. The second-order valence-corrected chi connectivity index (χ2v) is 8.91. The molecule has 1 aromatic carbocycles. The third-order valence-electron chi connectivity index (χ3n) is 6.21. The van der Waals surface area contributed by atoms with Crippen LogP contribution in [-0.2, 0) is 16.2 Å². The lowest BCUT2D eigenvalue weighted by atomic mass is 9.77. The molecule has 0 fully saturated rings. The lowest BCUT2D eigenvalue weighted by Gasteiger charge is -2.40. The Kier molecular flexibility index (Phi) is 7.99. The zero-order valence-electron chi connectivity index (χ0n) is 19.6. The Bertz CT molecular complexity index is 914. The smallest absolute Gasteiger partial charge is 0.247 e. The second kappa shape index (κ2) is 10.5. The van der Waals surface area contributed by atoms with E-state index < -0.39 is 30.1 Å². The van der Waals surface area contributed by atoms with Crippen LogP contribution in [0.15, 0.2) is 23.8 Å². The number of hydrogen-bond donors (Lipinski definition) is 4. The minimum absolute atomic E-state index is 0.0677. The Morgan fingerprint density at radius 1 is 1.27 bits per heavy atom. The van der Waals surface area contributed by atoms with Gasteiger partial charge in [-0.25, -0.2) is 0 Å². The zero-order chi connectivity index (χ0) is 24.3. The number of amides is 2. The van der Waals surface area contributed by atoms with Gasteiger partial charge in [0.25, 0.3) is 0 Å². The molecule has 33 heavy (non-hydrogen) atoms. The molecule has 1 aliphatic carbocycles. The fourth-order valence-electron chi connectivity index (χ4n) is 4.53. The second-order valence-electron chi connectivity index (χ2n) is 8.91. The highest BCUT2D eigenvalue weighted by Gasteiger charge is 2.51. The minimum atomic E-state index is -1.09. The maximum atomic E-state index is 13.1. The number of fused-ring (bicyclic) bond motifs is 3. The van der Waals surface area contributed by atoms with Crippen LogP contribution in [0.25, 0.3) is 0 Å². The zero-order valence-corrected chi connectivity index (χ0v) is 19.6. The summed E-state index contributed by atoms with van der Waals surface area (Å²) in [6, 6.07) is 2.64. The molecular weight excluding hydrogens is 428 g/mol. The summed E-state index contributed by atoms with van der Waals surface area (Å²) in [4.78, 5) is 27.2. The lowest BCUT2D eigenvalue weighted by molar-refractivity contribution is -0.135. The first kappa shape index (κ1) is 25.0. The first-order chi connectivity index (χ1) is 15.7. The summed E-state index contributed by atoms with van der Waals surface area (Å²) in [5, 5.41) is 32.9. The summed E-state index contributed by atoms with van der Waals surface area (Å²) in [6.45, 7) is 5.60. The van der Waals surface area contributed by atoms with Crippen LogP contribution in [-0.4, -0.2) is 77.1 Å². The number of hydrogen-bond acceptors (Lipinski definition) is 7. The Labute approximate surface area is 194 Å². The normalized spacial score (nSPS) is 23.3. The molecular formula is C24H34N2O7. The molecule has 1 aromatic rings. The SMILES string of the molecule is COc1cc(CO)cc2c1O[C@@H]1[C@@H](O)[C@H](N(CCC(C)C)C(C)=O)C=C(C(=O)NCCO)[C@H]21. The first-order valence-corrected chi connectivity index (χ1v) is 11.3. The maximum Gasteiger partial charge on any atom is 0.247 e. The van der Waals surface area contributed by atoms with Gasteiger partial charge in [0.1, 0.15) is 12.2 Å². The molecule has 0 unspecified atom stereocenters. The molecule has 0 spiro atoms. The molecule has 2 amide bonds. The molecule has 9 heteroatoms.